The molecular formula is C15H14ClFO2. The molecule has 2 aromatic carbocycles. The maximum absolute atomic E-state index is 13.2. The molecule has 100 valence electrons. The Kier molecular flexibility index (Phi) is 4.08. The minimum absolute atomic E-state index is 0.402. The molecule has 0 radical (unpaired) electrons. The van der Waals surface area contributed by atoms with Crippen LogP contribution < -0.4 is 4.74 Å². The molecule has 1 unspecified atom stereocenters. The maximum Gasteiger partial charge on any atom is 0.133 e. The van der Waals surface area contributed by atoms with Gasteiger partial charge in [0.15, 0.2) is 0 Å². The lowest BCUT2D eigenvalue weighted by Gasteiger charge is -2.14. The summed E-state index contributed by atoms with van der Waals surface area (Å²) in [5.41, 5.74) is 1.31. The molecule has 0 aliphatic heterocycles. The summed E-state index contributed by atoms with van der Waals surface area (Å²) in [7, 11) is 0. The Bertz CT molecular complexity index is 597. The highest BCUT2D eigenvalue weighted by atomic mass is 35.5. The Hall–Kier alpha value is -1.58. The van der Waals surface area contributed by atoms with Gasteiger partial charge in [-0.15, -0.1) is 0 Å². The molecule has 2 aromatic rings. The average Bonchev–Trinajstić information content (AvgIpc) is 2.35. The second kappa shape index (κ2) is 5.59. The van der Waals surface area contributed by atoms with Gasteiger partial charge in [-0.25, -0.2) is 4.39 Å². The lowest BCUT2D eigenvalue weighted by molar-refractivity contribution is 0.195. The molecule has 0 heterocycles. The Morgan fingerprint density at radius 1 is 1.16 bits per heavy atom. The third-order valence-corrected chi connectivity index (χ3v) is 3.03. The van der Waals surface area contributed by atoms with E-state index < -0.39 is 11.9 Å². The maximum atomic E-state index is 13.2. The molecule has 0 aliphatic rings. The topological polar surface area (TPSA) is 29.5 Å². The fourth-order valence-electron chi connectivity index (χ4n) is 1.74. The van der Waals surface area contributed by atoms with E-state index in [1.54, 1.807) is 19.1 Å². The third kappa shape index (κ3) is 3.25. The quantitative estimate of drug-likeness (QED) is 0.888. The number of aliphatic hydroxyl groups excluding tert-OH is 1. The first-order chi connectivity index (χ1) is 8.97. The molecule has 0 bridgehead atoms. The van der Waals surface area contributed by atoms with E-state index in [0.717, 1.165) is 5.56 Å². The molecule has 1 N–H and O–H groups in total. The Balaban J connectivity index is 2.40. The minimum atomic E-state index is -0.815. The van der Waals surface area contributed by atoms with Crippen LogP contribution in [0.15, 0.2) is 36.4 Å². The SMILES string of the molecule is Cc1ccc(Cl)cc1Oc1ccc(F)cc1C(C)O. The standard InChI is InChI=1S/C15H14ClFO2/c1-9-3-4-11(16)7-15(9)19-14-6-5-12(17)8-13(14)10(2)18/h3-8,10,18H,1-2H3. The zero-order valence-electron chi connectivity index (χ0n) is 10.7. The summed E-state index contributed by atoms with van der Waals surface area (Å²) >= 11 is 5.92. The molecule has 1 atom stereocenters. The molecule has 0 aliphatic carbocycles. The van der Waals surface area contributed by atoms with Crippen LogP contribution in [0.5, 0.6) is 11.5 Å². The number of aliphatic hydroxyl groups is 1. The van der Waals surface area contributed by atoms with E-state index in [1.807, 2.05) is 13.0 Å². The van der Waals surface area contributed by atoms with Gasteiger partial charge in [0.25, 0.3) is 0 Å². The van der Waals surface area contributed by atoms with E-state index in [2.05, 4.69) is 0 Å². The fraction of sp³-hybridized carbons (Fsp3) is 0.200. The van der Waals surface area contributed by atoms with Crippen molar-refractivity contribution < 1.29 is 14.2 Å². The van der Waals surface area contributed by atoms with Gasteiger partial charge in [-0.1, -0.05) is 17.7 Å². The van der Waals surface area contributed by atoms with Crippen molar-refractivity contribution in [1.29, 1.82) is 0 Å². The predicted molar refractivity (Wildman–Crippen MR) is 73.3 cm³/mol. The van der Waals surface area contributed by atoms with Gasteiger partial charge in [-0.2, -0.15) is 0 Å². The molecule has 0 spiro atoms. The summed E-state index contributed by atoms with van der Waals surface area (Å²) in [6, 6.07) is 9.35. The summed E-state index contributed by atoms with van der Waals surface area (Å²) in [6.07, 6.45) is -0.815. The number of ether oxygens (including phenoxy) is 1. The molecule has 19 heavy (non-hydrogen) atoms. The minimum Gasteiger partial charge on any atom is -0.457 e. The summed E-state index contributed by atoms with van der Waals surface area (Å²) in [5.74, 6) is 0.592. The second-order valence-corrected chi connectivity index (χ2v) is 4.81. The van der Waals surface area contributed by atoms with Gasteiger partial charge >= 0.3 is 0 Å². The summed E-state index contributed by atoms with van der Waals surface area (Å²) < 4.78 is 18.9. The molecule has 0 amide bonds. The number of halogens is 2. The first-order valence-corrected chi connectivity index (χ1v) is 6.26. The smallest absolute Gasteiger partial charge is 0.133 e. The summed E-state index contributed by atoms with van der Waals surface area (Å²) in [6.45, 7) is 3.45. The van der Waals surface area contributed by atoms with Gasteiger partial charge in [-0.3, -0.25) is 0 Å². The second-order valence-electron chi connectivity index (χ2n) is 4.37. The molecule has 2 nitrogen and oxygen atoms in total. The van der Waals surface area contributed by atoms with Gasteiger partial charge in [0.05, 0.1) is 6.10 Å². The van der Waals surface area contributed by atoms with E-state index >= 15 is 0 Å². The first kappa shape index (κ1) is 13.8. The molecule has 0 aromatic heterocycles. The Labute approximate surface area is 116 Å². The van der Waals surface area contributed by atoms with Gasteiger partial charge in [0.1, 0.15) is 17.3 Å². The normalized spacial score (nSPS) is 12.3. The molecule has 0 saturated heterocycles. The number of aryl methyl sites for hydroxylation is 1. The molecule has 4 heteroatoms. The van der Waals surface area contributed by atoms with Gasteiger partial charge in [-0.05, 0) is 49.7 Å². The zero-order chi connectivity index (χ0) is 14.0. The zero-order valence-corrected chi connectivity index (χ0v) is 11.4. The number of hydrogen-bond acceptors (Lipinski definition) is 2. The van der Waals surface area contributed by atoms with Crippen LogP contribution in [0, 0.1) is 12.7 Å². The van der Waals surface area contributed by atoms with Crippen LogP contribution in [0.4, 0.5) is 4.39 Å². The van der Waals surface area contributed by atoms with Gasteiger partial charge in [0, 0.05) is 10.6 Å². The van der Waals surface area contributed by atoms with E-state index in [0.29, 0.717) is 22.1 Å². The first-order valence-electron chi connectivity index (χ1n) is 5.89. The predicted octanol–water partition coefficient (Wildman–Crippen LogP) is 4.63. The molecule has 0 fully saturated rings. The number of benzene rings is 2. The highest BCUT2D eigenvalue weighted by molar-refractivity contribution is 6.30. The Morgan fingerprint density at radius 3 is 2.58 bits per heavy atom. The fourth-order valence-corrected chi connectivity index (χ4v) is 1.90. The highest BCUT2D eigenvalue weighted by Crippen LogP contribution is 2.33. The number of rotatable bonds is 3. The van der Waals surface area contributed by atoms with E-state index in [1.165, 1.54) is 18.2 Å². The monoisotopic (exact) mass is 280 g/mol. The van der Waals surface area contributed by atoms with Crippen LogP contribution in [0.25, 0.3) is 0 Å². The van der Waals surface area contributed by atoms with Gasteiger partial charge < -0.3 is 9.84 Å². The van der Waals surface area contributed by atoms with Crippen molar-refractivity contribution in [2.24, 2.45) is 0 Å². The van der Waals surface area contributed by atoms with Crippen LogP contribution >= 0.6 is 11.6 Å². The summed E-state index contributed by atoms with van der Waals surface area (Å²) in [4.78, 5) is 0. The average molecular weight is 281 g/mol. The largest absolute Gasteiger partial charge is 0.457 e. The van der Waals surface area contributed by atoms with Crippen LogP contribution in [0.2, 0.25) is 5.02 Å². The van der Waals surface area contributed by atoms with Crippen molar-refractivity contribution in [2.75, 3.05) is 0 Å². The molecule has 0 saturated carbocycles. The van der Waals surface area contributed by atoms with Crippen molar-refractivity contribution in [3.05, 3.63) is 58.4 Å². The van der Waals surface area contributed by atoms with Crippen molar-refractivity contribution >= 4 is 11.6 Å². The lowest BCUT2D eigenvalue weighted by atomic mass is 10.1. The Morgan fingerprint density at radius 2 is 1.89 bits per heavy atom. The lowest BCUT2D eigenvalue weighted by Crippen LogP contribution is -1.98. The molecule has 2 rings (SSSR count). The summed E-state index contributed by atoms with van der Waals surface area (Å²) in [5, 5.41) is 10.2. The van der Waals surface area contributed by atoms with E-state index in [-0.39, 0.29) is 0 Å². The van der Waals surface area contributed by atoms with Gasteiger partial charge in [0.2, 0.25) is 0 Å². The van der Waals surface area contributed by atoms with Crippen LogP contribution in [0.3, 0.4) is 0 Å². The third-order valence-electron chi connectivity index (χ3n) is 2.79. The number of hydrogen-bond donors (Lipinski definition) is 1. The van der Waals surface area contributed by atoms with Crippen molar-refractivity contribution in [3.8, 4) is 11.5 Å². The van der Waals surface area contributed by atoms with E-state index in [4.69, 9.17) is 16.3 Å². The van der Waals surface area contributed by atoms with Crippen LogP contribution in [0.1, 0.15) is 24.2 Å². The van der Waals surface area contributed by atoms with Crippen molar-refractivity contribution in [3.63, 3.8) is 0 Å². The van der Waals surface area contributed by atoms with Crippen molar-refractivity contribution in [1.82, 2.24) is 0 Å². The van der Waals surface area contributed by atoms with Crippen molar-refractivity contribution in [2.45, 2.75) is 20.0 Å². The molecular weight excluding hydrogens is 267 g/mol. The van der Waals surface area contributed by atoms with Crippen LogP contribution in [-0.4, -0.2) is 5.11 Å². The van der Waals surface area contributed by atoms with Crippen LogP contribution in [-0.2, 0) is 0 Å². The van der Waals surface area contributed by atoms with E-state index in [9.17, 15) is 9.50 Å². The highest BCUT2D eigenvalue weighted by Gasteiger charge is 2.12.